The Hall–Kier alpha value is -3.85. The lowest BCUT2D eigenvalue weighted by Gasteiger charge is -2.32. The topological polar surface area (TPSA) is 96.0 Å². The minimum Gasteiger partial charge on any atom is -0.497 e. The molecule has 3 rings (SSSR count). The van der Waals surface area contributed by atoms with Gasteiger partial charge in [0, 0.05) is 13.1 Å². The van der Waals surface area contributed by atoms with Crippen LogP contribution in [0.25, 0.3) is 0 Å². The Morgan fingerprint density at radius 2 is 1.67 bits per heavy atom. The highest BCUT2D eigenvalue weighted by Gasteiger charge is 2.32. The number of carbonyl (C=O) groups is 2. The van der Waals surface area contributed by atoms with E-state index in [0.29, 0.717) is 18.0 Å². The molecule has 0 aliphatic heterocycles. The number of hydrogen-bond acceptors (Lipinski definition) is 5. The average Bonchev–Trinajstić information content (AvgIpc) is 2.95. The normalized spacial score (nSPS) is 11.9. The average molecular weight is 552 g/mol. The number of unbranched alkanes of at least 4 members (excludes halogenated alkanes) is 1. The molecule has 0 radical (unpaired) electrons. The van der Waals surface area contributed by atoms with E-state index in [1.54, 1.807) is 74.7 Å². The Labute approximate surface area is 231 Å². The summed E-state index contributed by atoms with van der Waals surface area (Å²) in [6, 6.07) is 21.3. The van der Waals surface area contributed by atoms with E-state index in [9.17, 15) is 18.0 Å². The molecule has 0 aromatic heterocycles. The number of rotatable bonds is 13. The van der Waals surface area contributed by atoms with Gasteiger partial charge in [0.15, 0.2) is 0 Å². The van der Waals surface area contributed by atoms with E-state index in [4.69, 9.17) is 4.74 Å². The Balaban J connectivity index is 1.99. The van der Waals surface area contributed by atoms with E-state index >= 15 is 0 Å². The Morgan fingerprint density at radius 3 is 2.31 bits per heavy atom. The first-order valence-electron chi connectivity index (χ1n) is 13.0. The molecule has 0 unspecified atom stereocenters. The van der Waals surface area contributed by atoms with Gasteiger partial charge in [-0.2, -0.15) is 0 Å². The fourth-order valence-corrected chi connectivity index (χ4v) is 5.48. The van der Waals surface area contributed by atoms with E-state index in [-0.39, 0.29) is 17.3 Å². The number of sulfonamides is 1. The minimum atomic E-state index is -4.08. The Kier molecular flexibility index (Phi) is 10.5. The zero-order chi connectivity index (χ0) is 28.4. The van der Waals surface area contributed by atoms with Gasteiger partial charge in [0.2, 0.25) is 11.8 Å². The van der Waals surface area contributed by atoms with Gasteiger partial charge in [-0.3, -0.25) is 13.9 Å². The number of benzene rings is 3. The quantitative estimate of drug-likeness (QED) is 0.315. The zero-order valence-electron chi connectivity index (χ0n) is 23.0. The van der Waals surface area contributed by atoms with Crippen molar-refractivity contribution in [3.63, 3.8) is 0 Å². The summed E-state index contributed by atoms with van der Waals surface area (Å²) in [6.07, 6.45) is 1.74. The van der Waals surface area contributed by atoms with Crippen molar-refractivity contribution in [2.45, 2.75) is 51.1 Å². The number of aryl methyl sites for hydroxylation is 1. The monoisotopic (exact) mass is 551 g/mol. The van der Waals surface area contributed by atoms with Crippen molar-refractivity contribution in [1.82, 2.24) is 10.2 Å². The summed E-state index contributed by atoms with van der Waals surface area (Å²) in [7, 11) is -2.52. The third kappa shape index (κ3) is 7.83. The van der Waals surface area contributed by atoms with E-state index in [1.165, 1.54) is 17.0 Å². The minimum absolute atomic E-state index is 0.0723. The summed E-state index contributed by atoms with van der Waals surface area (Å²) in [4.78, 5) is 28.4. The SMILES string of the molecule is CCCCNC(=O)[C@@H](C)N(Cc1cccc(OC)c1)C(=O)CN(c1ccc(C)cc1)S(=O)(=O)c1ccccc1. The van der Waals surface area contributed by atoms with Crippen LogP contribution in [0, 0.1) is 6.92 Å². The molecule has 208 valence electrons. The largest absolute Gasteiger partial charge is 0.497 e. The first-order chi connectivity index (χ1) is 18.7. The van der Waals surface area contributed by atoms with Crippen molar-refractivity contribution in [1.29, 1.82) is 0 Å². The van der Waals surface area contributed by atoms with Gasteiger partial charge in [-0.1, -0.05) is 61.4 Å². The fraction of sp³-hybridized carbons (Fsp3) is 0.333. The lowest BCUT2D eigenvalue weighted by molar-refractivity contribution is -0.139. The second-order valence-corrected chi connectivity index (χ2v) is 11.2. The van der Waals surface area contributed by atoms with Gasteiger partial charge >= 0.3 is 0 Å². The van der Waals surface area contributed by atoms with Crippen LogP contribution in [0.4, 0.5) is 5.69 Å². The summed E-state index contributed by atoms with van der Waals surface area (Å²) in [5.74, 6) is -0.184. The maximum absolute atomic E-state index is 13.9. The van der Waals surface area contributed by atoms with Crippen LogP contribution in [-0.4, -0.2) is 51.4 Å². The van der Waals surface area contributed by atoms with Crippen LogP contribution in [-0.2, 0) is 26.2 Å². The second kappa shape index (κ2) is 13.8. The predicted octanol–water partition coefficient (Wildman–Crippen LogP) is 4.53. The highest BCUT2D eigenvalue weighted by atomic mass is 32.2. The summed E-state index contributed by atoms with van der Waals surface area (Å²) < 4.78 is 33.9. The molecule has 3 aromatic rings. The smallest absolute Gasteiger partial charge is 0.264 e. The molecular formula is C30H37N3O5S. The summed E-state index contributed by atoms with van der Waals surface area (Å²) in [5.41, 5.74) is 2.07. The van der Waals surface area contributed by atoms with Crippen molar-refractivity contribution in [3.8, 4) is 5.75 Å². The number of anilines is 1. The molecule has 0 saturated heterocycles. The first kappa shape index (κ1) is 29.7. The van der Waals surface area contributed by atoms with E-state index in [1.807, 2.05) is 19.9 Å². The van der Waals surface area contributed by atoms with Gasteiger partial charge in [0.1, 0.15) is 18.3 Å². The van der Waals surface area contributed by atoms with Crippen molar-refractivity contribution in [2.24, 2.45) is 0 Å². The van der Waals surface area contributed by atoms with Crippen LogP contribution in [0.3, 0.4) is 0 Å². The molecule has 8 nitrogen and oxygen atoms in total. The van der Waals surface area contributed by atoms with Crippen molar-refractivity contribution in [3.05, 3.63) is 90.0 Å². The van der Waals surface area contributed by atoms with Crippen LogP contribution in [0.15, 0.2) is 83.8 Å². The van der Waals surface area contributed by atoms with Gasteiger partial charge in [-0.25, -0.2) is 8.42 Å². The standard InChI is InChI=1S/C30H37N3O5S/c1-5-6-19-31-30(35)24(3)32(21-25-11-10-12-27(20-25)38-4)29(34)22-33(26-17-15-23(2)16-18-26)39(36,37)28-13-8-7-9-14-28/h7-18,20,24H,5-6,19,21-22H2,1-4H3,(H,31,35)/t24-/m1/s1. The Morgan fingerprint density at radius 1 is 0.974 bits per heavy atom. The molecule has 0 spiro atoms. The summed E-state index contributed by atoms with van der Waals surface area (Å²) in [5, 5.41) is 2.88. The van der Waals surface area contributed by atoms with Gasteiger partial charge in [-0.15, -0.1) is 0 Å². The summed E-state index contributed by atoms with van der Waals surface area (Å²) >= 11 is 0. The molecule has 0 fully saturated rings. The molecule has 3 aromatic carbocycles. The molecule has 39 heavy (non-hydrogen) atoms. The van der Waals surface area contributed by atoms with Gasteiger partial charge in [-0.05, 0) is 62.2 Å². The number of methoxy groups -OCH3 is 1. The molecule has 0 saturated carbocycles. The van der Waals surface area contributed by atoms with Gasteiger partial charge < -0.3 is 15.0 Å². The van der Waals surface area contributed by atoms with Gasteiger partial charge in [0.25, 0.3) is 10.0 Å². The van der Waals surface area contributed by atoms with Crippen molar-refractivity contribution in [2.75, 3.05) is 24.5 Å². The number of ether oxygens (including phenoxy) is 1. The zero-order valence-corrected chi connectivity index (χ0v) is 23.8. The third-order valence-electron chi connectivity index (χ3n) is 6.42. The molecular weight excluding hydrogens is 514 g/mol. The van der Waals surface area contributed by atoms with E-state index < -0.39 is 28.5 Å². The van der Waals surface area contributed by atoms with Crippen LogP contribution < -0.4 is 14.4 Å². The number of nitrogens with zero attached hydrogens (tertiary/aromatic N) is 2. The number of nitrogens with one attached hydrogen (secondary N) is 1. The molecule has 1 N–H and O–H groups in total. The molecule has 2 amide bonds. The van der Waals surface area contributed by atoms with Gasteiger partial charge in [0.05, 0.1) is 17.7 Å². The van der Waals surface area contributed by atoms with E-state index in [2.05, 4.69) is 5.32 Å². The molecule has 0 heterocycles. The van der Waals surface area contributed by atoms with E-state index in [0.717, 1.165) is 28.3 Å². The lowest BCUT2D eigenvalue weighted by Crippen LogP contribution is -2.51. The first-order valence-corrected chi connectivity index (χ1v) is 14.5. The van der Waals surface area contributed by atoms with Crippen LogP contribution in [0.1, 0.15) is 37.8 Å². The van der Waals surface area contributed by atoms with Crippen molar-refractivity contribution >= 4 is 27.5 Å². The van der Waals surface area contributed by atoms with Crippen LogP contribution in [0.2, 0.25) is 0 Å². The predicted molar refractivity (Wildman–Crippen MR) is 153 cm³/mol. The summed E-state index contributed by atoms with van der Waals surface area (Å²) in [6.45, 7) is 5.71. The Bertz CT molecular complexity index is 1340. The van der Waals surface area contributed by atoms with Crippen LogP contribution >= 0.6 is 0 Å². The van der Waals surface area contributed by atoms with Crippen LogP contribution in [0.5, 0.6) is 5.75 Å². The molecule has 9 heteroatoms. The number of carbonyl (C=O) groups excluding carboxylic acids is 2. The molecule has 0 aliphatic rings. The number of hydrogen-bond donors (Lipinski definition) is 1. The molecule has 0 bridgehead atoms. The maximum Gasteiger partial charge on any atom is 0.264 e. The third-order valence-corrected chi connectivity index (χ3v) is 8.20. The molecule has 1 atom stereocenters. The fourth-order valence-electron chi connectivity index (χ4n) is 4.05. The molecule has 0 aliphatic carbocycles. The number of amides is 2. The van der Waals surface area contributed by atoms with Crippen molar-refractivity contribution < 1.29 is 22.7 Å². The highest BCUT2D eigenvalue weighted by Crippen LogP contribution is 2.25. The lowest BCUT2D eigenvalue weighted by atomic mass is 10.1. The second-order valence-electron chi connectivity index (χ2n) is 9.35. The maximum atomic E-state index is 13.9. The highest BCUT2D eigenvalue weighted by molar-refractivity contribution is 7.92.